The standard InChI is InChI=1S/C10H9ClFN3O/c11-9-3-8(1-2-10(9)12)16-6-15-5-7(13)4-14-15/h1-5H,6,13H2. The summed E-state index contributed by atoms with van der Waals surface area (Å²) in [5.41, 5.74) is 6.04. The van der Waals surface area contributed by atoms with Gasteiger partial charge in [-0.1, -0.05) is 11.6 Å². The number of rotatable bonds is 3. The summed E-state index contributed by atoms with van der Waals surface area (Å²) in [7, 11) is 0. The minimum atomic E-state index is -0.475. The van der Waals surface area contributed by atoms with Crippen LogP contribution in [-0.2, 0) is 6.73 Å². The zero-order valence-electron chi connectivity index (χ0n) is 8.23. The van der Waals surface area contributed by atoms with E-state index in [2.05, 4.69) is 5.10 Å². The Labute approximate surface area is 96.4 Å². The van der Waals surface area contributed by atoms with E-state index < -0.39 is 5.82 Å². The fraction of sp³-hybridized carbons (Fsp3) is 0.100. The van der Waals surface area contributed by atoms with Crippen LogP contribution in [0.3, 0.4) is 0 Å². The van der Waals surface area contributed by atoms with E-state index in [4.69, 9.17) is 22.1 Å². The summed E-state index contributed by atoms with van der Waals surface area (Å²) in [5.74, 6) is -0.00202. The third kappa shape index (κ3) is 2.43. The Morgan fingerprint density at radius 1 is 1.50 bits per heavy atom. The zero-order chi connectivity index (χ0) is 11.5. The normalized spacial score (nSPS) is 10.4. The summed E-state index contributed by atoms with van der Waals surface area (Å²) < 4.78 is 19.7. The number of anilines is 1. The quantitative estimate of drug-likeness (QED) is 0.897. The van der Waals surface area contributed by atoms with E-state index in [1.165, 1.54) is 29.1 Å². The third-order valence-corrected chi connectivity index (χ3v) is 2.20. The number of nitrogens with zero attached hydrogens (tertiary/aromatic N) is 2. The fourth-order valence-electron chi connectivity index (χ4n) is 1.16. The summed E-state index contributed by atoms with van der Waals surface area (Å²) >= 11 is 5.60. The van der Waals surface area contributed by atoms with Gasteiger partial charge in [-0.05, 0) is 12.1 Å². The second-order valence-electron chi connectivity index (χ2n) is 3.16. The van der Waals surface area contributed by atoms with E-state index >= 15 is 0 Å². The molecular formula is C10H9ClFN3O. The van der Waals surface area contributed by atoms with Crippen molar-refractivity contribution >= 4 is 17.3 Å². The molecule has 0 unspecified atom stereocenters. The minimum absolute atomic E-state index is 0.0254. The van der Waals surface area contributed by atoms with Crippen molar-refractivity contribution in [3.63, 3.8) is 0 Å². The molecule has 1 aromatic carbocycles. The maximum absolute atomic E-state index is 12.8. The molecular weight excluding hydrogens is 233 g/mol. The van der Waals surface area contributed by atoms with Gasteiger partial charge in [-0.15, -0.1) is 0 Å². The molecule has 0 aliphatic carbocycles. The van der Waals surface area contributed by atoms with Crippen molar-refractivity contribution in [1.82, 2.24) is 9.78 Å². The predicted octanol–water partition coefficient (Wildman–Crippen LogP) is 2.29. The van der Waals surface area contributed by atoms with E-state index in [9.17, 15) is 4.39 Å². The molecule has 0 saturated carbocycles. The molecule has 0 saturated heterocycles. The Hall–Kier alpha value is -1.75. The van der Waals surface area contributed by atoms with E-state index in [1.54, 1.807) is 6.20 Å². The van der Waals surface area contributed by atoms with Gasteiger partial charge in [-0.25, -0.2) is 9.07 Å². The molecule has 16 heavy (non-hydrogen) atoms. The van der Waals surface area contributed by atoms with Gasteiger partial charge in [0.15, 0.2) is 6.73 Å². The molecule has 2 rings (SSSR count). The van der Waals surface area contributed by atoms with Crippen LogP contribution in [0.4, 0.5) is 10.1 Å². The predicted molar refractivity (Wildman–Crippen MR) is 58.7 cm³/mol. The van der Waals surface area contributed by atoms with Gasteiger partial charge < -0.3 is 10.5 Å². The maximum atomic E-state index is 12.8. The highest BCUT2D eigenvalue weighted by molar-refractivity contribution is 6.30. The molecule has 1 aromatic heterocycles. The Morgan fingerprint density at radius 3 is 2.94 bits per heavy atom. The highest BCUT2D eigenvalue weighted by Gasteiger charge is 2.02. The Morgan fingerprint density at radius 2 is 2.31 bits per heavy atom. The summed E-state index contributed by atoms with van der Waals surface area (Å²) in [5, 5.41) is 3.96. The number of benzene rings is 1. The number of nitrogens with two attached hydrogens (primary N) is 1. The topological polar surface area (TPSA) is 53.1 Å². The second kappa shape index (κ2) is 4.40. The van der Waals surface area contributed by atoms with Crippen molar-refractivity contribution in [3.8, 4) is 5.75 Å². The van der Waals surface area contributed by atoms with Gasteiger partial charge in [0.1, 0.15) is 11.6 Å². The zero-order valence-corrected chi connectivity index (χ0v) is 8.99. The van der Waals surface area contributed by atoms with Gasteiger partial charge in [-0.3, -0.25) is 0 Å². The Balaban J connectivity index is 2.02. The molecule has 0 aliphatic heterocycles. The minimum Gasteiger partial charge on any atom is -0.471 e. The second-order valence-corrected chi connectivity index (χ2v) is 3.57. The average molecular weight is 242 g/mol. The molecule has 4 nitrogen and oxygen atoms in total. The van der Waals surface area contributed by atoms with E-state index in [1.807, 2.05) is 0 Å². The van der Waals surface area contributed by atoms with Crippen molar-refractivity contribution in [2.75, 3.05) is 5.73 Å². The van der Waals surface area contributed by atoms with Gasteiger partial charge in [0.25, 0.3) is 0 Å². The lowest BCUT2D eigenvalue weighted by Gasteiger charge is -2.06. The third-order valence-electron chi connectivity index (χ3n) is 1.91. The lowest BCUT2D eigenvalue weighted by molar-refractivity contribution is 0.221. The van der Waals surface area contributed by atoms with Gasteiger partial charge in [0.2, 0.25) is 0 Å². The smallest absolute Gasteiger partial charge is 0.180 e. The van der Waals surface area contributed by atoms with Crippen molar-refractivity contribution in [1.29, 1.82) is 0 Å². The molecule has 0 radical (unpaired) electrons. The highest BCUT2D eigenvalue weighted by atomic mass is 35.5. The Bertz CT molecular complexity index is 501. The maximum Gasteiger partial charge on any atom is 0.180 e. The molecule has 2 aromatic rings. The van der Waals surface area contributed by atoms with Gasteiger partial charge in [0, 0.05) is 6.07 Å². The van der Waals surface area contributed by atoms with Crippen LogP contribution in [0.1, 0.15) is 0 Å². The Kier molecular flexibility index (Phi) is 2.96. The molecule has 0 atom stereocenters. The van der Waals surface area contributed by atoms with Gasteiger partial charge >= 0.3 is 0 Å². The molecule has 0 aliphatic rings. The number of aromatic nitrogens is 2. The van der Waals surface area contributed by atoms with Gasteiger partial charge in [-0.2, -0.15) is 5.10 Å². The number of ether oxygens (including phenoxy) is 1. The lowest BCUT2D eigenvalue weighted by atomic mass is 10.3. The van der Waals surface area contributed by atoms with Crippen LogP contribution >= 0.6 is 11.6 Å². The number of hydrogen-bond donors (Lipinski definition) is 1. The molecule has 1 heterocycles. The largest absolute Gasteiger partial charge is 0.471 e. The highest BCUT2D eigenvalue weighted by Crippen LogP contribution is 2.21. The molecule has 0 amide bonds. The monoisotopic (exact) mass is 241 g/mol. The average Bonchev–Trinajstić information content (AvgIpc) is 2.66. The molecule has 0 fully saturated rings. The van der Waals surface area contributed by atoms with Gasteiger partial charge in [0.05, 0.1) is 23.1 Å². The van der Waals surface area contributed by atoms with Crippen LogP contribution < -0.4 is 10.5 Å². The van der Waals surface area contributed by atoms with Crippen molar-refractivity contribution in [2.45, 2.75) is 6.73 Å². The first kappa shape index (κ1) is 10.8. The summed E-state index contributed by atoms with van der Waals surface area (Å²) in [6.45, 7) is 0.194. The lowest BCUT2D eigenvalue weighted by Crippen LogP contribution is -2.05. The molecule has 0 spiro atoms. The van der Waals surface area contributed by atoms with Crippen LogP contribution in [0.5, 0.6) is 5.75 Å². The number of halogens is 2. The van der Waals surface area contributed by atoms with Crippen LogP contribution in [0.2, 0.25) is 5.02 Å². The van der Waals surface area contributed by atoms with Crippen molar-refractivity contribution in [3.05, 3.63) is 41.4 Å². The van der Waals surface area contributed by atoms with Crippen molar-refractivity contribution < 1.29 is 9.13 Å². The van der Waals surface area contributed by atoms with Crippen LogP contribution in [0.15, 0.2) is 30.6 Å². The molecule has 2 N–H and O–H groups in total. The number of hydrogen-bond acceptors (Lipinski definition) is 3. The van der Waals surface area contributed by atoms with E-state index in [0.717, 1.165) is 0 Å². The summed E-state index contributed by atoms with van der Waals surface area (Å²) in [6.07, 6.45) is 3.14. The van der Waals surface area contributed by atoms with E-state index in [-0.39, 0.29) is 11.8 Å². The SMILES string of the molecule is Nc1cnn(COc2ccc(F)c(Cl)c2)c1. The summed E-state index contributed by atoms with van der Waals surface area (Å²) in [4.78, 5) is 0. The first-order valence-electron chi connectivity index (χ1n) is 4.51. The van der Waals surface area contributed by atoms with Crippen LogP contribution in [0, 0.1) is 5.82 Å². The van der Waals surface area contributed by atoms with Crippen LogP contribution in [-0.4, -0.2) is 9.78 Å². The fourth-order valence-corrected chi connectivity index (χ4v) is 1.33. The molecule has 84 valence electrons. The molecule has 0 bridgehead atoms. The summed E-state index contributed by atoms with van der Waals surface area (Å²) in [6, 6.07) is 4.15. The first-order chi connectivity index (χ1) is 7.65. The number of nitrogen functional groups attached to an aromatic ring is 1. The van der Waals surface area contributed by atoms with E-state index in [0.29, 0.717) is 11.4 Å². The van der Waals surface area contributed by atoms with Crippen LogP contribution in [0.25, 0.3) is 0 Å². The first-order valence-corrected chi connectivity index (χ1v) is 4.89. The molecule has 6 heteroatoms. The van der Waals surface area contributed by atoms with Crippen molar-refractivity contribution in [2.24, 2.45) is 0 Å².